The van der Waals surface area contributed by atoms with E-state index < -0.39 is 12.6 Å². The maximum Gasteiger partial charge on any atom is 0.340 e. The minimum absolute atomic E-state index is 0.102. The molecular weight excluding hydrogens is 378 g/mol. The smallest absolute Gasteiger partial charge is 0.340 e. The summed E-state index contributed by atoms with van der Waals surface area (Å²) >= 11 is 0. The highest BCUT2D eigenvalue weighted by Crippen LogP contribution is 2.36. The van der Waals surface area contributed by atoms with Crippen molar-refractivity contribution < 1.29 is 28.5 Å². The number of phenols is 1. The summed E-state index contributed by atoms with van der Waals surface area (Å²) in [5, 5.41) is 20.3. The number of carboxylic acid groups (broad SMARTS) is 1. The summed E-state index contributed by atoms with van der Waals surface area (Å²) in [4.78, 5) is 11.8. The van der Waals surface area contributed by atoms with Crippen LogP contribution < -0.4 is 4.74 Å². The Balaban J connectivity index is 2.54. The Labute approximate surface area is 168 Å². The standard InChI is InChI=1S/C23H24F2O4/c1-15(2)4-11-19-20(29-13-3-12-24)14-17(21(22(19)26)23(27)28)8-5-16-6-9-18(25)10-7-16/h4-10,14,26H,3,11-13H2,1-2H3,(H,27,28). The fourth-order valence-corrected chi connectivity index (χ4v) is 2.69. The third-order valence-corrected chi connectivity index (χ3v) is 4.18. The van der Waals surface area contributed by atoms with E-state index in [1.807, 2.05) is 19.9 Å². The molecule has 0 amide bonds. The molecule has 0 heterocycles. The van der Waals surface area contributed by atoms with Crippen LogP contribution in [0.3, 0.4) is 0 Å². The first kappa shape index (κ1) is 22.1. The minimum Gasteiger partial charge on any atom is -0.507 e. The fraction of sp³-hybridized carbons (Fsp3) is 0.261. The van der Waals surface area contributed by atoms with E-state index in [1.165, 1.54) is 24.3 Å². The van der Waals surface area contributed by atoms with Crippen molar-refractivity contribution in [1.29, 1.82) is 0 Å². The second-order valence-corrected chi connectivity index (χ2v) is 6.73. The molecule has 0 saturated heterocycles. The van der Waals surface area contributed by atoms with Gasteiger partial charge in [0.15, 0.2) is 0 Å². The summed E-state index contributed by atoms with van der Waals surface area (Å²) in [5.74, 6) is -1.74. The van der Waals surface area contributed by atoms with Gasteiger partial charge in [0, 0.05) is 12.0 Å². The molecule has 29 heavy (non-hydrogen) atoms. The van der Waals surface area contributed by atoms with E-state index in [-0.39, 0.29) is 42.1 Å². The molecule has 154 valence electrons. The average Bonchev–Trinajstić information content (AvgIpc) is 2.66. The lowest BCUT2D eigenvalue weighted by Gasteiger charge is -2.16. The molecule has 0 saturated carbocycles. The third kappa shape index (κ3) is 6.17. The number of halogens is 2. The molecule has 0 aromatic heterocycles. The van der Waals surface area contributed by atoms with E-state index in [0.29, 0.717) is 16.9 Å². The molecule has 2 rings (SSSR count). The molecule has 6 heteroatoms. The van der Waals surface area contributed by atoms with Gasteiger partial charge in [-0.15, -0.1) is 0 Å². The zero-order valence-electron chi connectivity index (χ0n) is 16.4. The van der Waals surface area contributed by atoms with Gasteiger partial charge < -0.3 is 14.9 Å². The molecule has 0 unspecified atom stereocenters. The Morgan fingerprint density at radius 2 is 1.86 bits per heavy atom. The Morgan fingerprint density at radius 3 is 2.45 bits per heavy atom. The summed E-state index contributed by atoms with van der Waals surface area (Å²) in [6, 6.07) is 7.21. The van der Waals surface area contributed by atoms with Crippen molar-refractivity contribution in [3.05, 3.63) is 70.1 Å². The number of allylic oxidation sites excluding steroid dienone is 2. The first-order valence-electron chi connectivity index (χ1n) is 9.21. The molecule has 4 nitrogen and oxygen atoms in total. The third-order valence-electron chi connectivity index (χ3n) is 4.18. The van der Waals surface area contributed by atoms with Gasteiger partial charge in [-0.05, 0) is 49.6 Å². The fourth-order valence-electron chi connectivity index (χ4n) is 2.69. The minimum atomic E-state index is -1.28. The molecule has 0 fully saturated rings. The molecular formula is C23H24F2O4. The molecule has 0 bridgehead atoms. The number of aromatic carboxylic acids is 1. The molecule has 0 aliphatic rings. The van der Waals surface area contributed by atoms with Gasteiger partial charge in [0.2, 0.25) is 0 Å². The summed E-state index contributed by atoms with van der Waals surface area (Å²) in [6.07, 6.45) is 5.44. The van der Waals surface area contributed by atoms with Crippen LogP contribution in [-0.4, -0.2) is 29.5 Å². The van der Waals surface area contributed by atoms with Crippen LogP contribution in [0, 0.1) is 5.82 Å². The van der Waals surface area contributed by atoms with E-state index in [4.69, 9.17) is 4.74 Å². The number of ether oxygens (including phenoxy) is 1. The van der Waals surface area contributed by atoms with Crippen molar-refractivity contribution in [2.45, 2.75) is 26.7 Å². The number of benzene rings is 2. The molecule has 0 atom stereocenters. The van der Waals surface area contributed by atoms with Crippen LogP contribution in [0.2, 0.25) is 0 Å². The van der Waals surface area contributed by atoms with Gasteiger partial charge >= 0.3 is 5.97 Å². The first-order valence-corrected chi connectivity index (χ1v) is 9.21. The lowest BCUT2D eigenvalue weighted by molar-refractivity contribution is 0.0693. The summed E-state index contributed by atoms with van der Waals surface area (Å²) in [5.41, 5.74) is 1.97. The van der Waals surface area contributed by atoms with Crippen molar-refractivity contribution in [3.8, 4) is 11.5 Å². The summed E-state index contributed by atoms with van der Waals surface area (Å²) in [6.45, 7) is 3.34. The number of alkyl halides is 1. The SMILES string of the molecule is CC(C)=CCc1c(OCCCF)cc(C=Cc2ccc(F)cc2)c(C(=O)O)c1O. The van der Waals surface area contributed by atoms with Gasteiger partial charge in [0.25, 0.3) is 0 Å². The molecule has 2 aromatic rings. The van der Waals surface area contributed by atoms with Crippen molar-refractivity contribution in [3.63, 3.8) is 0 Å². The normalized spacial score (nSPS) is 10.9. The Bertz CT molecular complexity index is 911. The average molecular weight is 402 g/mol. The molecule has 0 aliphatic carbocycles. The van der Waals surface area contributed by atoms with E-state index in [1.54, 1.807) is 18.2 Å². The van der Waals surface area contributed by atoms with Crippen molar-refractivity contribution in [1.82, 2.24) is 0 Å². The molecule has 2 aromatic carbocycles. The monoisotopic (exact) mass is 402 g/mol. The zero-order chi connectivity index (χ0) is 21.4. The number of aromatic hydroxyl groups is 1. The van der Waals surface area contributed by atoms with E-state index >= 15 is 0 Å². The molecule has 0 radical (unpaired) electrons. The largest absolute Gasteiger partial charge is 0.507 e. The highest BCUT2D eigenvalue weighted by molar-refractivity contribution is 5.97. The number of hydrogen-bond donors (Lipinski definition) is 2. The van der Waals surface area contributed by atoms with Gasteiger partial charge in [-0.25, -0.2) is 9.18 Å². The quantitative estimate of drug-likeness (QED) is 0.323. The first-order chi connectivity index (χ1) is 13.8. The number of carbonyl (C=O) groups is 1. The Morgan fingerprint density at radius 1 is 1.17 bits per heavy atom. The van der Waals surface area contributed by atoms with Crippen LogP contribution in [0.4, 0.5) is 8.78 Å². The van der Waals surface area contributed by atoms with E-state index in [2.05, 4.69) is 0 Å². The number of rotatable bonds is 9. The number of carboxylic acids is 1. The molecule has 0 spiro atoms. The predicted molar refractivity (Wildman–Crippen MR) is 110 cm³/mol. The van der Waals surface area contributed by atoms with Crippen LogP contribution in [0.25, 0.3) is 12.2 Å². The highest BCUT2D eigenvalue weighted by atomic mass is 19.1. The van der Waals surface area contributed by atoms with Gasteiger partial charge in [0.05, 0.1) is 13.3 Å². The summed E-state index contributed by atoms with van der Waals surface area (Å²) in [7, 11) is 0. The second-order valence-electron chi connectivity index (χ2n) is 6.73. The van der Waals surface area contributed by atoms with Crippen LogP contribution >= 0.6 is 0 Å². The number of hydrogen-bond acceptors (Lipinski definition) is 3. The Kier molecular flexibility index (Phi) is 7.95. The zero-order valence-corrected chi connectivity index (χ0v) is 16.4. The van der Waals surface area contributed by atoms with Crippen molar-refractivity contribution in [2.75, 3.05) is 13.3 Å². The van der Waals surface area contributed by atoms with Gasteiger partial charge in [-0.1, -0.05) is 35.9 Å². The van der Waals surface area contributed by atoms with E-state index in [0.717, 1.165) is 5.57 Å². The van der Waals surface area contributed by atoms with Crippen LogP contribution in [0.5, 0.6) is 11.5 Å². The predicted octanol–water partition coefficient (Wildman–Crippen LogP) is 5.65. The summed E-state index contributed by atoms with van der Waals surface area (Å²) < 4.78 is 31.2. The maximum absolute atomic E-state index is 13.1. The van der Waals surface area contributed by atoms with E-state index in [9.17, 15) is 23.8 Å². The van der Waals surface area contributed by atoms with Gasteiger partial charge in [-0.2, -0.15) is 0 Å². The Hall–Kier alpha value is -3.15. The van der Waals surface area contributed by atoms with Gasteiger partial charge in [0.1, 0.15) is 22.9 Å². The maximum atomic E-state index is 13.1. The lowest BCUT2D eigenvalue weighted by Crippen LogP contribution is -2.07. The molecule has 2 N–H and O–H groups in total. The van der Waals surface area contributed by atoms with Crippen LogP contribution in [0.1, 0.15) is 47.3 Å². The molecule has 0 aliphatic heterocycles. The second kappa shape index (κ2) is 10.4. The lowest BCUT2D eigenvalue weighted by atomic mass is 9.97. The van der Waals surface area contributed by atoms with Gasteiger partial charge in [-0.3, -0.25) is 4.39 Å². The van der Waals surface area contributed by atoms with Crippen LogP contribution in [-0.2, 0) is 6.42 Å². The van der Waals surface area contributed by atoms with Crippen molar-refractivity contribution >= 4 is 18.1 Å². The topological polar surface area (TPSA) is 66.8 Å². The van der Waals surface area contributed by atoms with Crippen LogP contribution in [0.15, 0.2) is 42.0 Å². The van der Waals surface area contributed by atoms with Crippen molar-refractivity contribution in [2.24, 2.45) is 0 Å². The highest BCUT2D eigenvalue weighted by Gasteiger charge is 2.21.